The highest BCUT2D eigenvalue weighted by molar-refractivity contribution is 5.80. The molecule has 1 atom stereocenters. The largest absolute Gasteiger partial charge is 0.481 e. The van der Waals surface area contributed by atoms with E-state index < -0.39 is 24.4 Å². The highest BCUT2D eigenvalue weighted by Gasteiger charge is 2.19. The molecule has 0 heterocycles. The van der Waals surface area contributed by atoms with E-state index >= 15 is 0 Å². The topological polar surface area (TPSA) is 116 Å². The van der Waals surface area contributed by atoms with Gasteiger partial charge in [0.25, 0.3) is 0 Å². The Morgan fingerprint density at radius 1 is 1.42 bits per heavy atom. The van der Waals surface area contributed by atoms with Crippen LogP contribution >= 0.6 is 0 Å². The second-order valence-electron chi connectivity index (χ2n) is 1.90. The van der Waals surface area contributed by atoms with Gasteiger partial charge in [0.1, 0.15) is 6.04 Å². The van der Waals surface area contributed by atoms with Gasteiger partial charge in [0.2, 0.25) is 6.41 Å². The van der Waals surface area contributed by atoms with Crippen molar-refractivity contribution in [3.05, 3.63) is 0 Å². The van der Waals surface area contributed by atoms with Crippen molar-refractivity contribution in [3.63, 3.8) is 0 Å². The van der Waals surface area contributed by atoms with Crippen molar-refractivity contribution in [2.24, 2.45) is 0 Å². The summed E-state index contributed by atoms with van der Waals surface area (Å²) in [6.07, 6.45) is -0.381. The number of carbonyl (C=O) groups excluding carboxylic acids is 1. The molecule has 7 heteroatoms. The van der Waals surface area contributed by atoms with Crippen molar-refractivity contribution in [2.45, 2.75) is 12.5 Å². The molecule has 12 heavy (non-hydrogen) atoms. The van der Waals surface area contributed by atoms with Crippen LogP contribution in [0.2, 0.25) is 0 Å². The lowest BCUT2D eigenvalue weighted by Gasteiger charge is -2.09. The number of nitrogens with one attached hydrogen (secondary N) is 2. The number of carboxylic acid groups (broad SMARTS) is 2. The number of hydrazine groups is 1. The minimum absolute atomic E-state index is 0.220. The highest BCUT2D eigenvalue weighted by atomic mass is 16.4. The molecule has 0 aliphatic rings. The molecule has 0 aliphatic carbocycles. The van der Waals surface area contributed by atoms with Gasteiger partial charge < -0.3 is 10.2 Å². The summed E-state index contributed by atoms with van der Waals surface area (Å²) in [5.41, 5.74) is 3.86. The van der Waals surface area contributed by atoms with E-state index in [1.54, 1.807) is 0 Å². The second kappa shape index (κ2) is 5.08. The molecule has 0 spiro atoms. The number of hydrogen-bond donors (Lipinski definition) is 4. The molecular formula is C5H8N2O5. The predicted octanol–water partition coefficient (Wildman–Crippen LogP) is -1.84. The van der Waals surface area contributed by atoms with Gasteiger partial charge in [-0.05, 0) is 0 Å². The van der Waals surface area contributed by atoms with Crippen LogP contribution in [0.5, 0.6) is 0 Å². The summed E-state index contributed by atoms with van der Waals surface area (Å²) in [4.78, 5) is 30.0. The third-order valence-corrected chi connectivity index (χ3v) is 0.993. The minimum Gasteiger partial charge on any atom is -0.481 e. The van der Waals surface area contributed by atoms with E-state index in [4.69, 9.17) is 10.2 Å². The van der Waals surface area contributed by atoms with E-state index in [9.17, 15) is 14.4 Å². The van der Waals surface area contributed by atoms with E-state index in [-0.39, 0.29) is 6.41 Å². The Labute approximate surface area is 67.3 Å². The average Bonchev–Trinajstić information content (AvgIpc) is 1.96. The van der Waals surface area contributed by atoms with Crippen molar-refractivity contribution in [2.75, 3.05) is 0 Å². The number of carboxylic acids is 2. The first-order valence-electron chi connectivity index (χ1n) is 2.97. The SMILES string of the molecule is O=CNN[C@@H](CC(=O)O)C(=O)O. The van der Waals surface area contributed by atoms with Gasteiger partial charge in [-0.1, -0.05) is 0 Å². The van der Waals surface area contributed by atoms with Crippen molar-refractivity contribution < 1.29 is 24.6 Å². The quantitative estimate of drug-likeness (QED) is 0.279. The summed E-state index contributed by atoms with van der Waals surface area (Å²) >= 11 is 0. The first kappa shape index (κ1) is 10.4. The van der Waals surface area contributed by atoms with E-state index in [1.807, 2.05) is 10.9 Å². The smallest absolute Gasteiger partial charge is 0.323 e. The van der Waals surface area contributed by atoms with Crippen LogP contribution in [0.4, 0.5) is 0 Å². The van der Waals surface area contributed by atoms with Gasteiger partial charge in [-0.2, -0.15) is 0 Å². The van der Waals surface area contributed by atoms with E-state index in [0.717, 1.165) is 0 Å². The van der Waals surface area contributed by atoms with Crippen LogP contribution in [0.1, 0.15) is 6.42 Å². The maximum Gasteiger partial charge on any atom is 0.323 e. The van der Waals surface area contributed by atoms with Gasteiger partial charge in [-0.3, -0.25) is 19.8 Å². The molecule has 7 nitrogen and oxygen atoms in total. The predicted molar refractivity (Wildman–Crippen MR) is 36.0 cm³/mol. The van der Waals surface area contributed by atoms with Crippen molar-refractivity contribution >= 4 is 18.3 Å². The minimum atomic E-state index is -1.34. The Bertz CT molecular complexity index is 192. The Hall–Kier alpha value is -1.63. The molecule has 0 fully saturated rings. The van der Waals surface area contributed by atoms with Gasteiger partial charge in [0, 0.05) is 0 Å². The van der Waals surface area contributed by atoms with Crippen molar-refractivity contribution in [3.8, 4) is 0 Å². The summed E-state index contributed by atoms with van der Waals surface area (Å²) in [7, 11) is 0. The summed E-state index contributed by atoms with van der Waals surface area (Å²) in [5.74, 6) is -2.60. The molecule has 0 aromatic heterocycles. The fourth-order valence-corrected chi connectivity index (χ4v) is 0.509. The zero-order chi connectivity index (χ0) is 9.56. The van der Waals surface area contributed by atoms with Crippen LogP contribution < -0.4 is 10.9 Å². The van der Waals surface area contributed by atoms with Crippen molar-refractivity contribution in [1.29, 1.82) is 0 Å². The summed E-state index contributed by atoms with van der Waals surface area (Å²) < 4.78 is 0. The number of hydrogen-bond acceptors (Lipinski definition) is 4. The highest BCUT2D eigenvalue weighted by Crippen LogP contribution is 1.90. The molecule has 0 unspecified atom stereocenters. The summed E-state index contributed by atoms with van der Waals surface area (Å²) in [5, 5.41) is 16.6. The Morgan fingerprint density at radius 2 is 2.00 bits per heavy atom. The fourth-order valence-electron chi connectivity index (χ4n) is 0.509. The van der Waals surface area contributed by atoms with Gasteiger partial charge in [-0.15, -0.1) is 0 Å². The molecule has 0 saturated carbocycles. The van der Waals surface area contributed by atoms with Gasteiger partial charge >= 0.3 is 11.9 Å². The molecule has 0 rings (SSSR count). The first-order valence-corrected chi connectivity index (χ1v) is 2.97. The Kier molecular flexibility index (Phi) is 4.39. The normalized spacial score (nSPS) is 11.7. The molecular weight excluding hydrogens is 168 g/mol. The third-order valence-electron chi connectivity index (χ3n) is 0.993. The number of rotatable bonds is 6. The van der Waals surface area contributed by atoms with E-state index in [2.05, 4.69) is 0 Å². The van der Waals surface area contributed by atoms with Crippen LogP contribution in [-0.2, 0) is 14.4 Å². The average molecular weight is 176 g/mol. The molecule has 1 amide bonds. The number of carbonyl (C=O) groups is 3. The molecule has 0 bridgehead atoms. The molecule has 68 valence electrons. The molecule has 4 N–H and O–H groups in total. The molecule has 0 aliphatic heterocycles. The lowest BCUT2D eigenvalue weighted by molar-refractivity contribution is -0.146. The third kappa shape index (κ3) is 4.23. The number of aliphatic carboxylic acids is 2. The molecule has 0 aromatic carbocycles. The van der Waals surface area contributed by atoms with Crippen molar-refractivity contribution in [1.82, 2.24) is 10.9 Å². The maximum absolute atomic E-state index is 10.3. The maximum atomic E-state index is 10.3. The van der Waals surface area contributed by atoms with E-state index in [0.29, 0.717) is 0 Å². The van der Waals surface area contributed by atoms with Crippen LogP contribution in [0.25, 0.3) is 0 Å². The zero-order valence-electron chi connectivity index (χ0n) is 5.98. The Balaban J connectivity index is 3.94. The summed E-state index contributed by atoms with van der Waals surface area (Å²) in [6.45, 7) is 0. The second-order valence-corrected chi connectivity index (χ2v) is 1.90. The van der Waals surface area contributed by atoms with Crippen LogP contribution in [-0.4, -0.2) is 34.6 Å². The van der Waals surface area contributed by atoms with Crippen LogP contribution in [0.3, 0.4) is 0 Å². The lowest BCUT2D eigenvalue weighted by Crippen LogP contribution is -2.45. The van der Waals surface area contributed by atoms with Crippen LogP contribution in [0, 0.1) is 0 Å². The number of amides is 1. The van der Waals surface area contributed by atoms with Crippen LogP contribution in [0.15, 0.2) is 0 Å². The summed E-state index contributed by atoms with van der Waals surface area (Å²) in [6, 6.07) is -1.31. The monoisotopic (exact) mass is 176 g/mol. The molecule has 0 aromatic rings. The Morgan fingerprint density at radius 3 is 2.33 bits per heavy atom. The van der Waals surface area contributed by atoms with Gasteiger partial charge in [0.15, 0.2) is 0 Å². The van der Waals surface area contributed by atoms with E-state index in [1.165, 1.54) is 0 Å². The fraction of sp³-hybridized carbons (Fsp3) is 0.400. The molecule has 0 radical (unpaired) electrons. The van der Waals surface area contributed by atoms with Gasteiger partial charge in [0.05, 0.1) is 6.42 Å². The standard InChI is InChI=1S/C5H8N2O5/c8-2-6-7-3(5(11)12)1-4(9)10/h2-3,7H,1H2,(H,6,8)(H,9,10)(H,11,12)/t3-/m0/s1. The van der Waals surface area contributed by atoms with Gasteiger partial charge in [-0.25, -0.2) is 5.43 Å². The zero-order valence-corrected chi connectivity index (χ0v) is 5.98. The first-order chi connectivity index (χ1) is 5.57. The lowest BCUT2D eigenvalue weighted by atomic mass is 10.2. The molecule has 0 saturated heterocycles.